The van der Waals surface area contributed by atoms with Crippen LogP contribution in [0.5, 0.6) is 0 Å². The Morgan fingerprint density at radius 1 is 1.36 bits per heavy atom. The van der Waals surface area contributed by atoms with E-state index in [1.165, 1.54) is 32.5 Å². The van der Waals surface area contributed by atoms with E-state index in [0.29, 0.717) is 6.04 Å². The molecule has 0 radical (unpaired) electrons. The molecule has 1 atom stereocenters. The minimum atomic E-state index is 0.346. The van der Waals surface area contributed by atoms with E-state index in [9.17, 15) is 0 Å². The van der Waals surface area contributed by atoms with Gasteiger partial charge >= 0.3 is 0 Å². The monoisotopic (exact) mass is 199 g/mol. The predicted molar refractivity (Wildman–Crippen MR) is 61.4 cm³/mol. The van der Waals surface area contributed by atoms with E-state index < -0.39 is 0 Å². The van der Waals surface area contributed by atoms with Crippen molar-refractivity contribution in [2.24, 2.45) is 5.73 Å². The summed E-state index contributed by atoms with van der Waals surface area (Å²) in [4.78, 5) is 4.90. The molecule has 1 heterocycles. The molecule has 2 N–H and O–H groups in total. The van der Waals surface area contributed by atoms with Gasteiger partial charge in [-0.3, -0.25) is 0 Å². The number of rotatable bonds is 6. The highest BCUT2D eigenvalue weighted by Crippen LogP contribution is 2.06. The van der Waals surface area contributed by atoms with Crippen LogP contribution in [0.15, 0.2) is 0 Å². The van der Waals surface area contributed by atoms with Gasteiger partial charge in [0.05, 0.1) is 0 Å². The van der Waals surface area contributed by atoms with Crippen molar-refractivity contribution in [2.45, 2.75) is 32.2 Å². The van der Waals surface area contributed by atoms with Crippen LogP contribution in [0.2, 0.25) is 0 Å². The quantitative estimate of drug-likeness (QED) is 0.685. The lowest BCUT2D eigenvalue weighted by Crippen LogP contribution is -2.38. The molecule has 3 nitrogen and oxygen atoms in total. The van der Waals surface area contributed by atoms with Gasteiger partial charge in [0.1, 0.15) is 0 Å². The average Bonchev–Trinajstić information content (AvgIpc) is 2.67. The van der Waals surface area contributed by atoms with Gasteiger partial charge in [-0.15, -0.1) is 0 Å². The Hall–Kier alpha value is -0.120. The third kappa shape index (κ3) is 4.40. The molecule has 1 saturated heterocycles. The molecule has 1 aliphatic rings. The zero-order valence-corrected chi connectivity index (χ0v) is 9.71. The highest BCUT2D eigenvalue weighted by atomic mass is 15.2. The second-order valence-electron chi connectivity index (χ2n) is 4.48. The number of hydrogen-bond acceptors (Lipinski definition) is 3. The maximum absolute atomic E-state index is 5.90. The molecule has 3 heteroatoms. The summed E-state index contributed by atoms with van der Waals surface area (Å²) in [5, 5.41) is 0. The van der Waals surface area contributed by atoms with Gasteiger partial charge in [-0.2, -0.15) is 0 Å². The largest absolute Gasteiger partial charge is 0.327 e. The minimum Gasteiger partial charge on any atom is -0.327 e. The highest BCUT2D eigenvalue weighted by Gasteiger charge is 2.12. The Kier molecular flexibility index (Phi) is 5.45. The summed E-state index contributed by atoms with van der Waals surface area (Å²) in [7, 11) is 2.17. The predicted octanol–water partition coefficient (Wildman–Crippen LogP) is 0.751. The lowest BCUT2D eigenvalue weighted by atomic mass is 10.2. The molecular formula is C11H25N3. The van der Waals surface area contributed by atoms with E-state index in [2.05, 4.69) is 23.8 Å². The molecule has 0 spiro atoms. The first-order chi connectivity index (χ1) is 6.72. The van der Waals surface area contributed by atoms with Gasteiger partial charge in [0, 0.05) is 25.7 Å². The number of nitrogens with two attached hydrogens (primary N) is 1. The van der Waals surface area contributed by atoms with Crippen LogP contribution in [0.25, 0.3) is 0 Å². The summed E-state index contributed by atoms with van der Waals surface area (Å²) < 4.78 is 0. The summed E-state index contributed by atoms with van der Waals surface area (Å²) >= 11 is 0. The number of nitrogens with zero attached hydrogens (tertiary/aromatic N) is 2. The van der Waals surface area contributed by atoms with Crippen molar-refractivity contribution in [3.63, 3.8) is 0 Å². The first kappa shape index (κ1) is 12.0. The maximum atomic E-state index is 5.90. The van der Waals surface area contributed by atoms with Crippen molar-refractivity contribution in [1.82, 2.24) is 9.80 Å². The molecule has 1 aliphatic heterocycles. The lowest BCUT2D eigenvalue weighted by molar-refractivity contribution is 0.246. The normalized spacial score (nSPS) is 20.6. The third-order valence-electron chi connectivity index (χ3n) is 3.07. The fourth-order valence-electron chi connectivity index (χ4n) is 1.94. The van der Waals surface area contributed by atoms with Gasteiger partial charge in [-0.1, -0.05) is 6.92 Å². The van der Waals surface area contributed by atoms with E-state index in [0.717, 1.165) is 19.5 Å². The minimum absolute atomic E-state index is 0.346. The van der Waals surface area contributed by atoms with Crippen molar-refractivity contribution >= 4 is 0 Å². The van der Waals surface area contributed by atoms with E-state index in [1.807, 2.05) is 0 Å². The molecule has 0 aromatic rings. The fraction of sp³-hybridized carbons (Fsp3) is 1.00. The molecule has 84 valence electrons. The molecule has 14 heavy (non-hydrogen) atoms. The molecule has 0 bridgehead atoms. The van der Waals surface area contributed by atoms with Gasteiger partial charge in [0.2, 0.25) is 0 Å². The Morgan fingerprint density at radius 2 is 2.00 bits per heavy atom. The molecule has 0 aromatic heterocycles. The van der Waals surface area contributed by atoms with Crippen LogP contribution in [-0.2, 0) is 0 Å². The van der Waals surface area contributed by atoms with Crippen LogP contribution >= 0.6 is 0 Å². The topological polar surface area (TPSA) is 32.5 Å². The van der Waals surface area contributed by atoms with Gasteiger partial charge < -0.3 is 15.5 Å². The van der Waals surface area contributed by atoms with Gasteiger partial charge in [0.25, 0.3) is 0 Å². The number of likely N-dealkylation sites (N-methyl/N-ethyl adjacent to an activating group) is 1. The van der Waals surface area contributed by atoms with Crippen molar-refractivity contribution in [1.29, 1.82) is 0 Å². The average molecular weight is 199 g/mol. The first-order valence-corrected chi connectivity index (χ1v) is 5.89. The molecule has 1 rings (SSSR count). The molecular weight excluding hydrogens is 174 g/mol. The highest BCUT2D eigenvalue weighted by molar-refractivity contribution is 4.69. The summed E-state index contributed by atoms with van der Waals surface area (Å²) in [5.41, 5.74) is 5.90. The summed E-state index contributed by atoms with van der Waals surface area (Å²) in [5.74, 6) is 0. The summed E-state index contributed by atoms with van der Waals surface area (Å²) in [6, 6.07) is 0.346. The molecule has 0 aromatic carbocycles. The maximum Gasteiger partial charge on any atom is 0.0165 e. The van der Waals surface area contributed by atoms with Crippen LogP contribution in [0, 0.1) is 0 Å². The van der Waals surface area contributed by atoms with Gasteiger partial charge in [0.15, 0.2) is 0 Å². The second-order valence-corrected chi connectivity index (χ2v) is 4.48. The standard InChI is InChI=1S/C11H25N3/c1-3-11(12)10-13(2)8-9-14-6-4-5-7-14/h11H,3-10,12H2,1-2H3. The van der Waals surface area contributed by atoms with E-state index in [-0.39, 0.29) is 0 Å². The van der Waals surface area contributed by atoms with Crippen LogP contribution in [0.4, 0.5) is 0 Å². The van der Waals surface area contributed by atoms with Crippen molar-refractivity contribution in [2.75, 3.05) is 39.8 Å². The third-order valence-corrected chi connectivity index (χ3v) is 3.07. The molecule has 1 fully saturated rings. The molecule has 0 amide bonds. The Bertz CT molecular complexity index is 143. The van der Waals surface area contributed by atoms with Crippen LogP contribution in [0.1, 0.15) is 26.2 Å². The van der Waals surface area contributed by atoms with Crippen molar-refractivity contribution in [3.8, 4) is 0 Å². The van der Waals surface area contributed by atoms with E-state index in [1.54, 1.807) is 0 Å². The smallest absolute Gasteiger partial charge is 0.0165 e. The Labute approximate surface area is 88.2 Å². The van der Waals surface area contributed by atoms with E-state index in [4.69, 9.17) is 5.73 Å². The first-order valence-electron chi connectivity index (χ1n) is 5.89. The SMILES string of the molecule is CCC(N)CN(C)CCN1CCCC1. The van der Waals surface area contributed by atoms with Crippen molar-refractivity contribution in [3.05, 3.63) is 0 Å². The fourth-order valence-corrected chi connectivity index (χ4v) is 1.94. The zero-order valence-electron chi connectivity index (χ0n) is 9.71. The van der Waals surface area contributed by atoms with Gasteiger partial charge in [-0.05, 0) is 39.4 Å². The summed E-state index contributed by atoms with van der Waals surface area (Å²) in [6.45, 7) is 8.16. The number of likely N-dealkylation sites (tertiary alicyclic amines) is 1. The summed E-state index contributed by atoms with van der Waals surface area (Å²) in [6.07, 6.45) is 3.85. The van der Waals surface area contributed by atoms with E-state index >= 15 is 0 Å². The van der Waals surface area contributed by atoms with Crippen molar-refractivity contribution < 1.29 is 0 Å². The molecule has 1 unspecified atom stereocenters. The molecule has 0 aliphatic carbocycles. The second kappa shape index (κ2) is 6.38. The zero-order chi connectivity index (χ0) is 10.4. The van der Waals surface area contributed by atoms with Gasteiger partial charge in [-0.25, -0.2) is 0 Å². The van der Waals surface area contributed by atoms with Crippen LogP contribution in [-0.4, -0.2) is 55.6 Å². The molecule has 0 saturated carbocycles. The van der Waals surface area contributed by atoms with Crippen LogP contribution < -0.4 is 5.73 Å². The van der Waals surface area contributed by atoms with Crippen LogP contribution in [0.3, 0.4) is 0 Å². The number of hydrogen-bond donors (Lipinski definition) is 1. The Morgan fingerprint density at radius 3 is 2.57 bits per heavy atom. The lowest BCUT2D eigenvalue weighted by Gasteiger charge is -2.23. The Balaban J connectivity index is 2.04.